The Morgan fingerprint density at radius 1 is 0.377 bits per heavy atom. The molecule has 53 heavy (non-hydrogen) atoms. The smallest absolute Gasteiger partial charge is 0.0972 e. The first-order chi connectivity index (χ1) is 26.3. The Morgan fingerprint density at radius 3 is 1.85 bits per heavy atom. The van der Waals surface area contributed by atoms with Gasteiger partial charge < -0.3 is 0 Å². The van der Waals surface area contributed by atoms with E-state index < -0.39 is 5.41 Å². The molecule has 12 rings (SSSR count). The number of nitrogens with zero attached hydrogens (tertiary/aromatic N) is 2. The summed E-state index contributed by atoms with van der Waals surface area (Å²) >= 11 is 0. The molecule has 8 aromatic carbocycles. The summed E-state index contributed by atoms with van der Waals surface area (Å²) in [6.07, 6.45) is 1.85. The second kappa shape index (κ2) is 10.6. The van der Waals surface area contributed by atoms with E-state index in [4.69, 9.17) is 9.97 Å². The minimum absolute atomic E-state index is 0.469. The molecule has 0 unspecified atom stereocenters. The third-order valence-corrected chi connectivity index (χ3v) is 11.9. The average molecular weight is 671 g/mol. The molecule has 2 heteroatoms. The van der Waals surface area contributed by atoms with Crippen LogP contribution < -0.4 is 0 Å². The Kier molecular flexibility index (Phi) is 5.73. The van der Waals surface area contributed by atoms with Gasteiger partial charge in [-0.2, -0.15) is 0 Å². The van der Waals surface area contributed by atoms with Crippen LogP contribution >= 0.6 is 0 Å². The molecule has 0 bridgehead atoms. The Labute approximate surface area is 306 Å². The topological polar surface area (TPSA) is 25.8 Å². The molecular formula is C51H30N2. The van der Waals surface area contributed by atoms with E-state index in [1.54, 1.807) is 0 Å². The second-order valence-corrected chi connectivity index (χ2v) is 14.4. The van der Waals surface area contributed by atoms with Crippen LogP contribution in [-0.2, 0) is 5.41 Å². The summed E-state index contributed by atoms with van der Waals surface area (Å²) in [4.78, 5) is 9.95. The van der Waals surface area contributed by atoms with Gasteiger partial charge in [0.15, 0.2) is 0 Å². The van der Waals surface area contributed by atoms with Crippen LogP contribution in [0, 0.1) is 0 Å². The minimum atomic E-state index is -0.469. The normalized spacial score (nSPS) is 13.4. The maximum atomic E-state index is 5.23. The predicted molar refractivity (Wildman–Crippen MR) is 219 cm³/mol. The van der Waals surface area contributed by atoms with Crippen LogP contribution in [0.25, 0.3) is 88.0 Å². The molecule has 2 aromatic heterocycles. The lowest BCUT2D eigenvalue weighted by Gasteiger charge is -2.32. The summed E-state index contributed by atoms with van der Waals surface area (Å²) in [6.45, 7) is 0. The van der Waals surface area contributed by atoms with Gasteiger partial charge in [-0.25, -0.2) is 4.98 Å². The van der Waals surface area contributed by atoms with Crippen molar-refractivity contribution in [1.82, 2.24) is 9.97 Å². The zero-order valence-electron chi connectivity index (χ0n) is 28.7. The molecule has 0 saturated carbocycles. The van der Waals surface area contributed by atoms with Gasteiger partial charge in [-0.05, 0) is 101 Å². The summed E-state index contributed by atoms with van der Waals surface area (Å²) in [5.74, 6) is 0. The van der Waals surface area contributed by atoms with E-state index in [2.05, 4.69) is 170 Å². The zero-order chi connectivity index (χ0) is 34.7. The Morgan fingerprint density at radius 2 is 1.02 bits per heavy atom. The molecule has 244 valence electrons. The molecule has 0 amide bonds. The molecule has 0 atom stereocenters. The summed E-state index contributed by atoms with van der Waals surface area (Å²) in [7, 11) is 0. The lowest BCUT2D eigenvalue weighted by atomic mass is 9.69. The van der Waals surface area contributed by atoms with Crippen molar-refractivity contribution in [2.24, 2.45) is 0 Å². The zero-order valence-corrected chi connectivity index (χ0v) is 28.7. The van der Waals surface area contributed by atoms with E-state index in [1.807, 2.05) is 12.3 Å². The standard InChI is InChI=1S/C51H30N2/c1-2-15-36-31(11-1)24-26-41-47-40-19-4-3-16-37(40)42(30-45(47)51(48(36)41)43-20-7-5-17-38(43)39-18-6-8-21-44(39)51)34-12-9-13-35(29-34)46-27-25-33-23-22-32-14-10-28-52-49(32)50(33)53-46/h1-30H. The van der Waals surface area contributed by atoms with E-state index in [0.29, 0.717) is 0 Å². The number of pyridine rings is 2. The maximum absolute atomic E-state index is 5.23. The SMILES string of the molecule is c1cc(-c2ccc3ccc4cccnc4c3n2)cc(-c2cc3c(c4ccccc24)-c2ccc4ccccc4c2C32c3ccccc3-c3ccccc32)c1. The summed E-state index contributed by atoms with van der Waals surface area (Å²) < 4.78 is 0. The second-order valence-electron chi connectivity index (χ2n) is 14.4. The first-order valence-corrected chi connectivity index (χ1v) is 18.3. The van der Waals surface area contributed by atoms with Gasteiger partial charge in [0.1, 0.15) is 0 Å². The van der Waals surface area contributed by atoms with Crippen molar-refractivity contribution in [3.8, 4) is 44.6 Å². The summed E-state index contributed by atoms with van der Waals surface area (Å²) in [5.41, 5.74) is 16.6. The molecule has 10 aromatic rings. The van der Waals surface area contributed by atoms with Gasteiger partial charge in [0, 0.05) is 22.5 Å². The fourth-order valence-electron chi connectivity index (χ4n) is 9.74. The Bertz CT molecular complexity index is 3140. The van der Waals surface area contributed by atoms with Crippen LogP contribution in [0.1, 0.15) is 22.3 Å². The Balaban J connectivity index is 1.16. The third kappa shape index (κ3) is 3.77. The molecule has 0 saturated heterocycles. The Hall–Kier alpha value is -6.90. The van der Waals surface area contributed by atoms with Gasteiger partial charge >= 0.3 is 0 Å². The first-order valence-electron chi connectivity index (χ1n) is 18.3. The van der Waals surface area contributed by atoms with Gasteiger partial charge in [-0.3, -0.25) is 4.98 Å². The fraction of sp³-hybridized carbons (Fsp3) is 0.0196. The number of benzene rings is 8. The first kappa shape index (κ1) is 28.8. The number of aromatic nitrogens is 2. The predicted octanol–water partition coefficient (Wildman–Crippen LogP) is 12.8. The third-order valence-electron chi connectivity index (χ3n) is 11.9. The van der Waals surface area contributed by atoms with Crippen LogP contribution in [0.4, 0.5) is 0 Å². The largest absolute Gasteiger partial charge is 0.254 e. The van der Waals surface area contributed by atoms with Crippen LogP contribution in [-0.4, -0.2) is 9.97 Å². The van der Waals surface area contributed by atoms with Crippen LogP contribution in [0.5, 0.6) is 0 Å². The van der Waals surface area contributed by atoms with Gasteiger partial charge in [-0.1, -0.05) is 152 Å². The van der Waals surface area contributed by atoms with Gasteiger partial charge in [0.2, 0.25) is 0 Å². The monoisotopic (exact) mass is 670 g/mol. The van der Waals surface area contributed by atoms with Crippen LogP contribution in [0.2, 0.25) is 0 Å². The molecule has 1 spiro atoms. The van der Waals surface area contributed by atoms with E-state index in [9.17, 15) is 0 Å². The summed E-state index contributed by atoms with van der Waals surface area (Å²) in [6, 6.07) is 64.9. The van der Waals surface area contributed by atoms with Crippen molar-refractivity contribution >= 4 is 43.4 Å². The molecule has 2 aliphatic rings. The fourth-order valence-corrected chi connectivity index (χ4v) is 9.74. The van der Waals surface area contributed by atoms with Crippen molar-refractivity contribution in [1.29, 1.82) is 0 Å². The maximum Gasteiger partial charge on any atom is 0.0972 e. The van der Waals surface area contributed by atoms with Gasteiger partial charge in [0.05, 0.1) is 22.1 Å². The lowest BCUT2D eigenvalue weighted by Crippen LogP contribution is -2.26. The highest BCUT2D eigenvalue weighted by molar-refractivity contribution is 6.14. The lowest BCUT2D eigenvalue weighted by molar-refractivity contribution is 0.802. The van der Waals surface area contributed by atoms with Crippen molar-refractivity contribution in [3.05, 3.63) is 204 Å². The van der Waals surface area contributed by atoms with Crippen LogP contribution in [0.3, 0.4) is 0 Å². The highest BCUT2D eigenvalue weighted by Crippen LogP contribution is 2.65. The minimum Gasteiger partial charge on any atom is -0.254 e. The molecule has 0 N–H and O–H groups in total. The molecule has 0 fully saturated rings. The molecule has 2 heterocycles. The number of fused-ring (bicyclic) bond motifs is 17. The average Bonchev–Trinajstić information content (AvgIpc) is 3.71. The molecule has 2 aliphatic carbocycles. The highest BCUT2D eigenvalue weighted by atomic mass is 14.8. The van der Waals surface area contributed by atoms with E-state index >= 15 is 0 Å². The van der Waals surface area contributed by atoms with Crippen molar-refractivity contribution in [3.63, 3.8) is 0 Å². The summed E-state index contributed by atoms with van der Waals surface area (Å²) in [5, 5.41) is 7.30. The van der Waals surface area contributed by atoms with Crippen molar-refractivity contribution in [2.75, 3.05) is 0 Å². The quantitative estimate of drug-likeness (QED) is 0.171. The van der Waals surface area contributed by atoms with E-state index in [1.165, 1.54) is 77.2 Å². The van der Waals surface area contributed by atoms with E-state index in [0.717, 1.165) is 33.1 Å². The molecule has 0 radical (unpaired) electrons. The van der Waals surface area contributed by atoms with E-state index in [-0.39, 0.29) is 0 Å². The molecular weight excluding hydrogens is 641 g/mol. The highest BCUT2D eigenvalue weighted by Gasteiger charge is 2.53. The number of hydrogen-bond acceptors (Lipinski definition) is 2. The molecule has 2 nitrogen and oxygen atoms in total. The van der Waals surface area contributed by atoms with Crippen molar-refractivity contribution < 1.29 is 0 Å². The van der Waals surface area contributed by atoms with Crippen molar-refractivity contribution in [2.45, 2.75) is 5.41 Å². The van der Waals surface area contributed by atoms with Crippen LogP contribution in [0.15, 0.2) is 182 Å². The number of hydrogen-bond donors (Lipinski definition) is 0. The molecule has 0 aliphatic heterocycles. The number of rotatable bonds is 2. The van der Waals surface area contributed by atoms with Gasteiger partial charge in [-0.15, -0.1) is 0 Å². The van der Waals surface area contributed by atoms with Gasteiger partial charge in [0.25, 0.3) is 0 Å².